The van der Waals surface area contributed by atoms with Crippen molar-refractivity contribution in [3.8, 4) is 6.01 Å². The molecule has 232 valence electrons. The quantitative estimate of drug-likeness (QED) is 0.0532. The van der Waals surface area contributed by atoms with Gasteiger partial charge in [-0.1, -0.05) is 167 Å². The van der Waals surface area contributed by atoms with Crippen molar-refractivity contribution < 1.29 is 4.74 Å². The standard InChI is InChI=1S/C33H60ClN3OS2/c1-4-7-10-12-13-14-15-16-17-18-19-20-21-22-23-25-28-40-33-36-31(34)35-32(37-33)38-30(39)29(26-9-6-3)27-24-11-8-5-2/h29H,4-28H2,1-3H3. The number of hydrogen-bond donors (Lipinski definition) is 0. The van der Waals surface area contributed by atoms with Crippen molar-refractivity contribution in [1.82, 2.24) is 15.0 Å². The van der Waals surface area contributed by atoms with Crippen LogP contribution >= 0.6 is 35.6 Å². The Kier molecular flexibility index (Phi) is 25.7. The highest BCUT2D eigenvalue weighted by Gasteiger charge is 2.18. The van der Waals surface area contributed by atoms with E-state index < -0.39 is 0 Å². The maximum Gasteiger partial charge on any atom is 0.327 e. The predicted octanol–water partition coefficient (Wildman–Crippen LogP) is 12.4. The van der Waals surface area contributed by atoms with Crippen molar-refractivity contribution in [3.05, 3.63) is 5.28 Å². The summed E-state index contributed by atoms with van der Waals surface area (Å²) in [5, 5.41) is 1.41. The summed E-state index contributed by atoms with van der Waals surface area (Å²) in [7, 11) is 0. The van der Waals surface area contributed by atoms with E-state index in [1.165, 1.54) is 122 Å². The molecule has 0 aliphatic rings. The number of thioether (sulfide) groups is 1. The van der Waals surface area contributed by atoms with E-state index in [1.54, 1.807) is 11.8 Å². The van der Waals surface area contributed by atoms with Crippen LogP contribution in [-0.2, 0) is 0 Å². The number of thiocarbonyl (C=S) groups is 1. The van der Waals surface area contributed by atoms with E-state index in [0.717, 1.165) is 37.9 Å². The first kappa shape index (κ1) is 37.6. The Morgan fingerprint density at radius 3 is 1.60 bits per heavy atom. The number of ether oxygens (including phenoxy) is 1. The number of rotatable bonds is 28. The normalized spacial score (nSPS) is 12.1. The maximum atomic E-state index is 6.20. The number of unbranched alkanes of at least 4 members (excludes halogenated alkanes) is 19. The molecule has 0 amide bonds. The van der Waals surface area contributed by atoms with Crippen molar-refractivity contribution in [2.75, 3.05) is 5.75 Å². The summed E-state index contributed by atoms with van der Waals surface area (Å²) in [5.74, 6) is 1.25. The highest BCUT2D eigenvalue weighted by atomic mass is 35.5. The summed E-state index contributed by atoms with van der Waals surface area (Å²) in [6, 6.07) is 0.245. The van der Waals surface area contributed by atoms with Crippen LogP contribution in [0.1, 0.15) is 175 Å². The molecule has 4 nitrogen and oxygen atoms in total. The Labute approximate surface area is 262 Å². The minimum atomic E-state index is 0.176. The molecule has 40 heavy (non-hydrogen) atoms. The van der Waals surface area contributed by atoms with E-state index >= 15 is 0 Å². The molecule has 0 bridgehead atoms. The molecule has 0 aliphatic heterocycles. The second-order valence-electron chi connectivity index (χ2n) is 11.4. The predicted molar refractivity (Wildman–Crippen MR) is 180 cm³/mol. The number of aromatic nitrogens is 3. The number of halogens is 1. The fourth-order valence-corrected chi connectivity index (χ4v) is 6.40. The summed E-state index contributed by atoms with van der Waals surface area (Å²) in [6.45, 7) is 6.74. The van der Waals surface area contributed by atoms with E-state index in [4.69, 9.17) is 28.6 Å². The van der Waals surface area contributed by atoms with E-state index in [1.807, 2.05) is 0 Å². The fourth-order valence-electron chi connectivity index (χ4n) is 5.06. The summed E-state index contributed by atoms with van der Waals surface area (Å²) < 4.78 is 5.96. The van der Waals surface area contributed by atoms with Crippen molar-refractivity contribution >= 4 is 40.6 Å². The van der Waals surface area contributed by atoms with Crippen LogP contribution in [0.5, 0.6) is 6.01 Å². The van der Waals surface area contributed by atoms with Gasteiger partial charge in [0.1, 0.15) is 0 Å². The molecule has 0 spiro atoms. The molecule has 1 aromatic rings. The number of hydrogen-bond acceptors (Lipinski definition) is 6. The average molecular weight is 614 g/mol. The van der Waals surface area contributed by atoms with Gasteiger partial charge in [0.05, 0.1) is 0 Å². The molecule has 0 radical (unpaired) electrons. The first-order valence-corrected chi connectivity index (χ1v) is 18.6. The zero-order valence-electron chi connectivity index (χ0n) is 26.2. The lowest BCUT2D eigenvalue weighted by molar-refractivity contribution is 0.418. The van der Waals surface area contributed by atoms with Gasteiger partial charge >= 0.3 is 6.01 Å². The van der Waals surface area contributed by atoms with Gasteiger partial charge in [-0.15, -0.1) is 0 Å². The molecule has 0 saturated carbocycles. The first-order valence-electron chi connectivity index (χ1n) is 16.9. The van der Waals surface area contributed by atoms with Gasteiger partial charge in [-0.3, -0.25) is 0 Å². The Bertz CT molecular complexity index is 738. The lowest BCUT2D eigenvalue weighted by atomic mass is 9.96. The van der Waals surface area contributed by atoms with E-state index in [0.29, 0.717) is 10.2 Å². The van der Waals surface area contributed by atoms with Crippen LogP contribution in [0.2, 0.25) is 5.28 Å². The summed E-state index contributed by atoms with van der Waals surface area (Å²) >= 11 is 13.5. The molecule has 0 N–H and O–H groups in total. The second kappa shape index (κ2) is 27.4. The molecule has 1 rings (SSSR count). The molecular weight excluding hydrogens is 554 g/mol. The lowest BCUT2D eigenvalue weighted by Crippen LogP contribution is -2.20. The van der Waals surface area contributed by atoms with Gasteiger partial charge in [0, 0.05) is 11.7 Å². The molecule has 1 aromatic heterocycles. The Morgan fingerprint density at radius 2 is 1.07 bits per heavy atom. The topological polar surface area (TPSA) is 47.9 Å². The Morgan fingerprint density at radius 1 is 0.625 bits per heavy atom. The third-order valence-corrected chi connectivity index (χ3v) is 9.15. The monoisotopic (exact) mass is 613 g/mol. The van der Waals surface area contributed by atoms with Crippen molar-refractivity contribution in [2.24, 2.45) is 5.92 Å². The van der Waals surface area contributed by atoms with Gasteiger partial charge in [-0.05, 0) is 43.1 Å². The van der Waals surface area contributed by atoms with E-state index in [2.05, 4.69) is 35.7 Å². The number of nitrogens with zero attached hydrogens (tertiary/aromatic N) is 3. The minimum Gasteiger partial charge on any atom is -0.416 e. The van der Waals surface area contributed by atoms with Crippen molar-refractivity contribution in [1.29, 1.82) is 0 Å². The molecular formula is C33H60ClN3OS2. The zero-order chi connectivity index (χ0) is 29.1. The highest BCUT2D eigenvalue weighted by molar-refractivity contribution is 7.99. The molecule has 1 atom stereocenters. The Balaban J connectivity index is 2.17. The van der Waals surface area contributed by atoms with Crippen LogP contribution in [0.4, 0.5) is 0 Å². The zero-order valence-corrected chi connectivity index (χ0v) is 28.6. The van der Waals surface area contributed by atoms with Crippen LogP contribution in [0.25, 0.3) is 0 Å². The molecule has 0 aliphatic carbocycles. The maximum absolute atomic E-state index is 6.20. The van der Waals surface area contributed by atoms with Gasteiger partial charge < -0.3 is 4.74 Å². The van der Waals surface area contributed by atoms with Crippen LogP contribution in [0, 0.1) is 5.92 Å². The summed E-state index contributed by atoms with van der Waals surface area (Å²) in [4.78, 5) is 13.0. The van der Waals surface area contributed by atoms with Gasteiger partial charge in [-0.2, -0.15) is 15.0 Å². The van der Waals surface area contributed by atoms with Gasteiger partial charge in [0.25, 0.3) is 0 Å². The van der Waals surface area contributed by atoms with Crippen molar-refractivity contribution in [3.63, 3.8) is 0 Å². The van der Waals surface area contributed by atoms with E-state index in [9.17, 15) is 0 Å². The molecule has 7 heteroatoms. The third kappa shape index (κ3) is 21.3. The van der Waals surface area contributed by atoms with Crippen molar-refractivity contribution in [2.45, 2.75) is 180 Å². The SMILES string of the molecule is CCCCCCCCCCCCCCCCCCSc1nc(Cl)nc(OC(=S)C(CCCC)CCCCCC)n1. The van der Waals surface area contributed by atoms with Gasteiger partial charge in [-0.25, -0.2) is 0 Å². The molecule has 1 heterocycles. The van der Waals surface area contributed by atoms with Gasteiger partial charge in [0.15, 0.2) is 10.2 Å². The van der Waals surface area contributed by atoms with Gasteiger partial charge in [0.2, 0.25) is 5.28 Å². The second-order valence-corrected chi connectivity index (χ2v) is 13.2. The average Bonchev–Trinajstić information content (AvgIpc) is 2.94. The molecule has 0 saturated heterocycles. The van der Waals surface area contributed by atoms with Crippen LogP contribution < -0.4 is 4.74 Å². The highest BCUT2D eigenvalue weighted by Crippen LogP contribution is 2.24. The van der Waals surface area contributed by atoms with Crippen LogP contribution in [-0.4, -0.2) is 25.8 Å². The fraction of sp³-hybridized carbons (Fsp3) is 0.879. The lowest BCUT2D eigenvalue weighted by Gasteiger charge is -2.17. The van der Waals surface area contributed by atoms with Crippen LogP contribution in [0.3, 0.4) is 0 Å². The molecule has 0 fully saturated rings. The third-order valence-electron chi connectivity index (χ3n) is 7.63. The minimum absolute atomic E-state index is 0.176. The first-order chi connectivity index (χ1) is 19.6. The Hall–Kier alpha value is -0.460. The smallest absolute Gasteiger partial charge is 0.327 e. The molecule has 1 unspecified atom stereocenters. The summed E-state index contributed by atoms with van der Waals surface area (Å²) in [6.07, 6.45) is 31.5. The largest absolute Gasteiger partial charge is 0.416 e. The van der Waals surface area contributed by atoms with Crippen LogP contribution in [0.15, 0.2) is 5.16 Å². The molecule has 0 aromatic carbocycles. The van der Waals surface area contributed by atoms with E-state index in [-0.39, 0.29) is 17.2 Å². The summed E-state index contributed by atoms with van der Waals surface area (Å²) in [5.41, 5.74) is 0.